The second kappa shape index (κ2) is 11.9. The normalized spacial score (nSPS) is 16.1. The maximum Gasteiger partial charge on any atom is 0.416 e. The number of hydrogen-bond acceptors (Lipinski definition) is 7. The molecule has 0 saturated carbocycles. The summed E-state index contributed by atoms with van der Waals surface area (Å²) in [5.41, 5.74) is 7.06. The number of piperazine rings is 1. The van der Waals surface area contributed by atoms with E-state index in [9.17, 15) is 13.2 Å². The third-order valence-corrected chi connectivity index (χ3v) is 6.82. The predicted octanol–water partition coefficient (Wildman–Crippen LogP) is 5.26. The van der Waals surface area contributed by atoms with Gasteiger partial charge in [0.05, 0.1) is 16.6 Å². The highest BCUT2D eigenvalue weighted by atomic mass is 19.4. The van der Waals surface area contributed by atoms with Gasteiger partial charge in [-0.2, -0.15) is 13.2 Å². The Hall–Kier alpha value is -3.83. The molecule has 0 amide bonds. The van der Waals surface area contributed by atoms with Gasteiger partial charge in [-0.1, -0.05) is 13.0 Å². The van der Waals surface area contributed by atoms with Crippen LogP contribution in [0.5, 0.6) is 5.75 Å². The van der Waals surface area contributed by atoms with E-state index in [-0.39, 0.29) is 17.9 Å². The highest BCUT2D eigenvalue weighted by Crippen LogP contribution is 2.35. The molecule has 0 atom stereocenters. The average Bonchev–Trinajstić information content (AvgIpc) is 3.23. The third kappa shape index (κ3) is 6.79. The summed E-state index contributed by atoms with van der Waals surface area (Å²) in [7, 11) is 1.78. The molecule has 0 radical (unpaired) electrons. The zero-order valence-corrected chi connectivity index (χ0v) is 22.4. The van der Waals surface area contributed by atoms with E-state index < -0.39 is 11.7 Å². The summed E-state index contributed by atoms with van der Waals surface area (Å²) in [4.78, 5) is 12.6. The predicted molar refractivity (Wildman–Crippen MR) is 149 cm³/mol. The lowest BCUT2D eigenvalue weighted by Crippen LogP contribution is -2.45. The standard InChI is InChI=1S/C28H34F3N7O/c1-5-21(17-26(32)33-3)39-22-9-10-24-25(16-22)36(4)27(35-24)34-20-8-7-19(23(15-20)28(29,30)31)18-38-13-11-37(6-2)12-14-38/h5,7-10,15-17H,3,6,11-14,18,32H2,1-2,4H3,(H,34,35)/b21-5+,26-17-. The molecule has 8 nitrogen and oxygen atoms in total. The summed E-state index contributed by atoms with van der Waals surface area (Å²) in [6.07, 6.45) is -1.17. The number of rotatable bonds is 9. The van der Waals surface area contributed by atoms with E-state index in [4.69, 9.17) is 10.5 Å². The fourth-order valence-corrected chi connectivity index (χ4v) is 4.53. The van der Waals surface area contributed by atoms with Crippen LogP contribution in [0.1, 0.15) is 25.0 Å². The van der Waals surface area contributed by atoms with Crippen LogP contribution in [0.3, 0.4) is 0 Å². The summed E-state index contributed by atoms with van der Waals surface area (Å²) < 4.78 is 49.8. The van der Waals surface area contributed by atoms with Crippen molar-refractivity contribution >= 4 is 29.4 Å². The second-order valence-corrected chi connectivity index (χ2v) is 9.37. The lowest BCUT2D eigenvalue weighted by molar-refractivity contribution is -0.138. The number of nitrogens with zero attached hydrogens (tertiary/aromatic N) is 5. The molecule has 0 spiro atoms. The fourth-order valence-electron chi connectivity index (χ4n) is 4.53. The van der Waals surface area contributed by atoms with Gasteiger partial charge in [-0.15, -0.1) is 0 Å². The summed E-state index contributed by atoms with van der Waals surface area (Å²) in [6, 6.07) is 9.72. The van der Waals surface area contributed by atoms with E-state index in [1.165, 1.54) is 0 Å². The first-order valence-corrected chi connectivity index (χ1v) is 12.8. The molecule has 2 heterocycles. The Morgan fingerprint density at radius 1 is 1.15 bits per heavy atom. The van der Waals surface area contributed by atoms with Crippen molar-refractivity contribution in [2.24, 2.45) is 17.8 Å². The minimum Gasteiger partial charge on any atom is -0.458 e. The number of anilines is 2. The number of aryl methyl sites for hydroxylation is 1. The molecule has 1 aliphatic heterocycles. The quantitative estimate of drug-likeness (QED) is 0.219. The van der Waals surface area contributed by atoms with Crippen molar-refractivity contribution in [2.45, 2.75) is 26.6 Å². The van der Waals surface area contributed by atoms with Gasteiger partial charge in [0.25, 0.3) is 0 Å². The van der Waals surface area contributed by atoms with E-state index in [0.29, 0.717) is 28.7 Å². The molecule has 3 aromatic rings. The molecule has 208 valence electrons. The zero-order chi connectivity index (χ0) is 28.2. The molecule has 3 N–H and O–H groups in total. The highest BCUT2D eigenvalue weighted by molar-refractivity contribution is 5.81. The van der Waals surface area contributed by atoms with Crippen molar-refractivity contribution in [1.29, 1.82) is 0 Å². The number of allylic oxidation sites excluding steroid dienone is 2. The molecule has 1 saturated heterocycles. The maximum absolute atomic E-state index is 14.0. The van der Waals surface area contributed by atoms with Crippen LogP contribution in [-0.4, -0.2) is 58.8 Å². The lowest BCUT2D eigenvalue weighted by atomic mass is 10.0. The number of hydrogen-bond donors (Lipinski definition) is 2. The molecule has 2 aromatic carbocycles. The topological polar surface area (TPSA) is 83.9 Å². The zero-order valence-electron chi connectivity index (χ0n) is 22.4. The van der Waals surface area contributed by atoms with Gasteiger partial charge in [-0.05, 0) is 56.1 Å². The molecule has 39 heavy (non-hydrogen) atoms. The number of nitrogens with two attached hydrogens (primary N) is 1. The van der Waals surface area contributed by atoms with Gasteiger partial charge in [0.15, 0.2) is 0 Å². The number of fused-ring (bicyclic) bond motifs is 1. The summed E-state index contributed by atoms with van der Waals surface area (Å²) in [5.74, 6) is 1.66. The number of imidazole rings is 1. The number of halogens is 3. The van der Waals surface area contributed by atoms with Gasteiger partial charge in [0.1, 0.15) is 17.3 Å². The van der Waals surface area contributed by atoms with Crippen LogP contribution in [-0.2, 0) is 19.8 Å². The van der Waals surface area contributed by atoms with E-state index in [0.717, 1.165) is 44.3 Å². The van der Waals surface area contributed by atoms with Crippen molar-refractivity contribution in [3.63, 3.8) is 0 Å². The Labute approximate surface area is 226 Å². The van der Waals surface area contributed by atoms with Crippen molar-refractivity contribution in [1.82, 2.24) is 19.4 Å². The van der Waals surface area contributed by atoms with Crippen molar-refractivity contribution < 1.29 is 17.9 Å². The third-order valence-electron chi connectivity index (χ3n) is 6.82. The monoisotopic (exact) mass is 541 g/mol. The molecule has 0 unspecified atom stereocenters. The summed E-state index contributed by atoms with van der Waals surface area (Å²) in [6.45, 7) is 11.7. The maximum atomic E-state index is 14.0. The molecule has 4 rings (SSSR count). The van der Waals surface area contributed by atoms with E-state index in [1.54, 1.807) is 61.0 Å². The number of aliphatic imine (C=N–C) groups is 1. The van der Waals surface area contributed by atoms with Crippen LogP contribution in [0.2, 0.25) is 0 Å². The summed E-state index contributed by atoms with van der Waals surface area (Å²) >= 11 is 0. The first kappa shape index (κ1) is 28.2. The Morgan fingerprint density at radius 2 is 1.87 bits per heavy atom. The van der Waals surface area contributed by atoms with Gasteiger partial charge in [0, 0.05) is 57.6 Å². The first-order chi connectivity index (χ1) is 18.6. The Kier molecular flexibility index (Phi) is 8.61. The molecular formula is C28H34F3N7O. The van der Waals surface area contributed by atoms with Crippen molar-refractivity contribution in [2.75, 3.05) is 38.0 Å². The summed E-state index contributed by atoms with van der Waals surface area (Å²) in [5, 5.41) is 3.06. The molecule has 0 bridgehead atoms. The molecule has 1 aliphatic rings. The van der Waals surface area contributed by atoms with Gasteiger partial charge in [0.2, 0.25) is 5.95 Å². The van der Waals surface area contributed by atoms with Crippen LogP contribution in [0.15, 0.2) is 65.1 Å². The minimum absolute atomic E-state index is 0.222. The number of nitrogens with one attached hydrogen (secondary N) is 1. The number of aromatic nitrogens is 2. The van der Waals surface area contributed by atoms with Gasteiger partial charge in [-0.25, -0.2) is 9.98 Å². The Morgan fingerprint density at radius 3 is 2.51 bits per heavy atom. The molecule has 11 heteroatoms. The van der Waals surface area contributed by atoms with Gasteiger partial charge < -0.3 is 25.3 Å². The van der Waals surface area contributed by atoms with E-state index >= 15 is 0 Å². The van der Waals surface area contributed by atoms with Gasteiger partial charge >= 0.3 is 6.18 Å². The highest BCUT2D eigenvalue weighted by Gasteiger charge is 2.34. The Balaban J connectivity index is 1.55. The van der Waals surface area contributed by atoms with Crippen LogP contribution in [0, 0.1) is 0 Å². The van der Waals surface area contributed by atoms with E-state index in [1.807, 2.05) is 0 Å². The molecule has 1 fully saturated rings. The largest absolute Gasteiger partial charge is 0.458 e. The smallest absolute Gasteiger partial charge is 0.416 e. The molecular weight excluding hydrogens is 507 g/mol. The molecule has 0 aliphatic carbocycles. The number of benzene rings is 2. The number of ether oxygens (including phenoxy) is 1. The van der Waals surface area contributed by atoms with E-state index in [2.05, 4.69) is 38.7 Å². The number of likely N-dealkylation sites (N-methyl/N-ethyl adjacent to an activating group) is 1. The minimum atomic E-state index is -4.47. The van der Waals surface area contributed by atoms with Crippen LogP contribution in [0.4, 0.5) is 24.8 Å². The first-order valence-electron chi connectivity index (χ1n) is 12.8. The lowest BCUT2D eigenvalue weighted by Gasteiger charge is -2.34. The fraction of sp³-hybridized carbons (Fsp3) is 0.357. The average molecular weight is 542 g/mol. The van der Waals surface area contributed by atoms with Crippen LogP contribution >= 0.6 is 0 Å². The Bertz CT molecular complexity index is 1390. The second-order valence-electron chi connectivity index (χ2n) is 9.37. The SMILES string of the molecule is C=N/C(N)=C\C(=C/C)Oc1ccc2nc(Nc3ccc(CN4CCN(CC)CC4)c(C(F)(F)F)c3)n(C)c2c1. The van der Waals surface area contributed by atoms with Gasteiger partial charge in [-0.3, -0.25) is 4.90 Å². The number of alkyl halides is 3. The van der Waals surface area contributed by atoms with Crippen molar-refractivity contribution in [3.8, 4) is 5.75 Å². The van der Waals surface area contributed by atoms with Crippen LogP contribution < -0.4 is 15.8 Å². The van der Waals surface area contributed by atoms with Crippen molar-refractivity contribution in [3.05, 3.63) is 71.3 Å². The van der Waals surface area contributed by atoms with Crippen LogP contribution in [0.25, 0.3) is 11.0 Å². The molecule has 1 aromatic heterocycles.